The summed E-state index contributed by atoms with van der Waals surface area (Å²) >= 11 is 0. The van der Waals surface area contributed by atoms with E-state index in [-0.39, 0.29) is 10.5 Å². The molecule has 10 heteroatoms. The zero-order valence-corrected chi connectivity index (χ0v) is 18.1. The molecule has 0 radical (unpaired) electrons. The van der Waals surface area contributed by atoms with Gasteiger partial charge in [0.1, 0.15) is 5.82 Å². The third-order valence-electron chi connectivity index (χ3n) is 4.47. The van der Waals surface area contributed by atoms with Crippen LogP contribution in [0.3, 0.4) is 0 Å². The first-order valence-electron chi connectivity index (χ1n) is 9.29. The summed E-state index contributed by atoms with van der Waals surface area (Å²) in [6, 6.07) is 13.2. The fourth-order valence-electron chi connectivity index (χ4n) is 2.86. The number of primary sulfonamides is 1. The summed E-state index contributed by atoms with van der Waals surface area (Å²) in [6.45, 7) is 4.82. The maximum atomic E-state index is 12.4. The van der Waals surface area contributed by atoms with E-state index in [9.17, 15) is 18.0 Å². The first kappa shape index (κ1) is 22.2. The second-order valence-electron chi connectivity index (χ2n) is 7.06. The highest BCUT2D eigenvalue weighted by atomic mass is 32.2. The van der Waals surface area contributed by atoms with E-state index in [1.165, 1.54) is 12.1 Å². The monoisotopic (exact) mass is 442 g/mol. The molecule has 0 saturated carbocycles. The molecule has 31 heavy (non-hydrogen) atoms. The highest BCUT2D eigenvalue weighted by Crippen LogP contribution is 2.18. The molecule has 0 aliphatic carbocycles. The van der Waals surface area contributed by atoms with Crippen LogP contribution in [-0.4, -0.2) is 36.7 Å². The Balaban J connectivity index is 1.70. The molecule has 0 unspecified atom stereocenters. The van der Waals surface area contributed by atoms with Crippen molar-refractivity contribution in [2.75, 3.05) is 11.9 Å². The van der Waals surface area contributed by atoms with Crippen molar-refractivity contribution in [2.24, 2.45) is 5.14 Å². The molecule has 0 atom stereocenters. The van der Waals surface area contributed by atoms with Gasteiger partial charge in [0.05, 0.1) is 21.8 Å². The molecule has 162 valence electrons. The zero-order chi connectivity index (χ0) is 22.8. The zero-order valence-electron chi connectivity index (χ0n) is 17.2. The van der Waals surface area contributed by atoms with Crippen molar-refractivity contribution in [3.8, 4) is 5.69 Å². The van der Waals surface area contributed by atoms with Crippen LogP contribution in [-0.2, 0) is 19.6 Å². The van der Waals surface area contributed by atoms with E-state index in [1.807, 2.05) is 31.2 Å². The molecule has 0 spiro atoms. The summed E-state index contributed by atoms with van der Waals surface area (Å²) in [7, 11) is -3.98. The van der Waals surface area contributed by atoms with Gasteiger partial charge in [-0.05, 0) is 50.6 Å². The first-order chi connectivity index (χ1) is 14.5. The van der Waals surface area contributed by atoms with E-state index in [0.717, 1.165) is 17.3 Å². The predicted octanol–water partition coefficient (Wildman–Crippen LogP) is 2.24. The molecule has 0 aliphatic heterocycles. The van der Waals surface area contributed by atoms with Crippen molar-refractivity contribution in [2.45, 2.75) is 25.7 Å². The van der Waals surface area contributed by atoms with Crippen molar-refractivity contribution < 1.29 is 22.7 Å². The molecule has 0 bridgehead atoms. The van der Waals surface area contributed by atoms with Crippen LogP contribution in [0.5, 0.6) is 0 Å². The molecular weight excluding hydrogens is 420 g/mol. The van der Waals surface area contributed by atoms with Crippen molar-refractivity contribution in [1.29, 1.82) is 0 Å². The number of esters is 1. The Morgan fingerprint density at radius 2 is 1.74 bits per heavy atom. The predicted molar refractivity (Wildman–Crippen MR) is 115 cm³/mol. The van der Waals surface area contributed by atoms with Gasteiger partial charge in [0.2, 0.25) is 10.0 Å². The number of hydrogen-bond acceptors (Lipinski definition) is 6. The average molecular weight is 442 g/mol. The minimum Gasteiger partial charge on any atom is -0.452 e. The van der Waals surface area contributed by atoms with E-state index in [4.69, 9.17) is 9.88 Å². The fraction of sp³-hybridized carbons (Fsp3) is 0.190. The number of benzene rings is 2. The highest BCUT2D eigenvalue weighted by molar-refractivity contribution is 7.89. The number of hydrogen-bond donors (Lipinski definition) is 2. The number of nitrogens with one attached hydrogen (secondary N) is 1. The molecule has 3 N–H and O–H groups in total. The third-order valence-corrected chi connectivity index (χ3v) is 5.38. The number of rotatable bonds is 6. The lowest BCUT2D eigenvalue weighted by atomic mass is 10.1. The second kappa shape index (κ2) is 8.70. The van der Waals surface area contributed by atoms with Crippen LogP contribution in [0.15, 0.2) is 53.4 Å². The number of aryl methyl sites for hydroxylation is 3. The number of carbonyl (C=O) groups excluding carboxylic acids is 2. The number of amides is 1. The fourth-order valence-corrected chi connectivity index (χ4v) is 3.40. The standard InChI is InChI=1S/C21H22N4O5S/c1-13-4-7-16(8-5-13)25-19(10-15(3)24-25)23-20(26)12-30-21(27)18-11-17(31(22,28)29)9-6-14(18)2/h4-11H,12H2,1-3H3,(H,23,26)(H2,22,28,29). The molecule has 0 fully saturated rings. The largest absolute Gasteiger partial charge is 0.452 e. The van der Waals surface area contributed by atoms with Crippen molar-refractivity contribution in [3.63, 3.8) is 0 Å². The number of nitrogens with zero attached hydrogens (tertiary/aromatic N) is 2. The quantitative estimate of drug-likeness (QED) is 0.563. The molecule has 9 nitrogen and oxygen atoms in total. The second-order valence-corrected chi connectivity index (χ2v) is 8.63. The lowest BCUT2D eigenvalue weighted by Gasteiger charge is -2.11. The van der Waals surface area contributed by atoms with Gasteiger partial charge >= 0.3 is 5.97 Å². The molecule has 1 heterocycles. The average Bonchev–Trinajstić information content (AvgIpc) is 3.06. The lowest BCUT2D eigenvalue weighted by molar-refractivity contribution is -0.119. The van der Waals surface area contributed by atoms with Gasteiger partial charge < -0.3 is 10.1 Å². The molecule has 3 rings (SSSR count). The van der Waals surface area contributed by atoms with Gasteiger partial charge in [-0.2, -0.15) is 5.10 Å². The summed E-state index contributed by atoms with van der Waals surface area (Å²) in [5.41, 5.74) is 3.06. The van der Waals surface area contributed by atoms with Crippen LogP contribution in [0.4, 0.5) is 5.82 Å². The van der Waals surface area contributed by atoms with E-state index in [0.29, 0.717) is 17.1 Å². The van der Waals surface area contributed by atoms with E-state index in [2.05, 4.69) is 10.4 Å². The minimum absolute atomic E-state index is 0.0138. The van der Waals surface area contributed by atoms with Crippen LogP contribution >= 0.6 is 0 Å². The van der Waals surface area contributed by atoms with Crippen molar-refractivity contribution in [1.82, 2.24) is 9.78 Å². The Bertz CT molecular complexity index is 1250. The lowest BCUT2D eigenvalue weighted by Crippen LogP contribution is -2.23. The summed E-state index contributed by atoms with van der Waals surface area (Å²) < 4.78 is 29.7. The Kier molecular flexibility index (Phi) is 6.23. The summed E-state index contributed by atoms with van der Waals surface area (Å²) in [4.78, 5) is 24.5. The van der Waals surface area contributed by atoms with Gasteiger partial charge in [0, 0.05) is 6.07 Å². The summed E-state index contributed by atoms with van der Waals surface area (Å²) in [5.74, 6) is -0.974. The van der Waals surface area contributed by atoms with Gasteiger partial charge in [-0.3, -0.25) is 4.79 Å². The van der Waals surface area contributed by atoms with Crippen LogP contribution in [0.2, 0.25) is 0 Å². The summed E-state index contributed by atoms with van der Waals surface area (Å²) in [5, 5.41) is 12.2. The van der Waals surface area contributed by atoms with Crippen LogP contribution in [0, 0.1) is 20.8 Å². The number of nitrogens with two attached hydrogens (primary N) is 1. The van der Waals surface area contributed by atoms with E-state index >= 15 is 0 Å². The maximum Gasteiger partial charge on any atom is 0.338 e. The molecule has 3 aromatic rings. The van der Waals surface area contributed by atoms with Crippen LogP contribution < -0.4 is 10.5 Å². The summed E-state index contributed by atoms with van der Waals surface area (Å²) in [6.07, 6.45) is 0. The Morgan fingerprint density at radius 1 is 1.06 bits per heavy atom. The van der Waals surface area contributed by atoms with E-state index in [1.54, 1.807) is 24.6 Å². The Morgan fingerprint density at radius 3 is 2.39 bits per heavy atom. The number of anilines is 1. The van der Waals surface area contributed by atoms with Crippen LogP contribution in [0.25, 0.3) is 5.69 Å². The number of ether oxygens (including phenoxy) is 1. The van der Waals surface area contributed by atoms with Crippen LogP contribution in [0.1, 0.15) is 27.2 Å². The Labute approximate surface area is 179 Å². The Hall–Kier alpha value is -3.50. The smallest absolute Gasteiger partial charge is 0.338 e. The SMILES string of the molecule is Cc1ccc(-n2nc(C)cc2NC(=O)COC(=O)c2cc(S(N)(=O)=O)ccc2C)cc1. The van der Waals surface area contributed by atoms with Gasteiger partial charge in [0.15, 0.2) is 6.61 Å². The number of carbonyl (C=O) groups is 2. The first-order valence-corrected chi connectivity index (χ1v) is 10.8. The van der Waals surface area contributed by atoms with Gasteiger partial charge in [-0.25, -0.2) is 23.0 Å². The topological polar surface area (TPSA) is 133 Å². The number of sulfonamides is 1. The molecule has 1 aromatic heterocycles. The third kappa shape index (κ3) is 5.36. The van der Waals surface area contributed by atoms with Gasteiger partial charge in [0.25, 0.3) is 5.91 Å². The normalized spacial score (nSPS) is 11.2. The van der Waals surface area contributed by atoms with Gasteiger partial charge in [-0.15, -0.1) is 0 Å². The van der Waals surface area contributed by atoms with Crippen molar-refractivity contribution in [3.05, 3.63) is 70.9 Å². The number of aromatic nitrogens is 2. The molecule has 1 amide bonds. The highest BCUT2D eigenvalue weighted by Gasteiger charge is 2.18. The van der Waals surface area contributed by atoms with Gasteiger partial charge in [-0.1, -0.05) is 23.8 Å². The molecular formula is C21H22N4O5S. The van der Waals surface area contributed by atoms with E-state index < -0.39 is 28.5 Å². The molecule has 0 saturated heterocycles. The minimum atomic E-state index is -3.98. The van der Waals surface area contributed by atoms with Crippen molar-refractivity contribution >= 4 is 27.7 Å². The maximum absolute atomic E-state index is 12.4. The molecule has 2 aromatic carbocycles. The molecule has 0 aliphatic rings.